The highest BCUT2D eigenvalue weighted by Gasteiger charge is 2.20. The van der Waals surface area contributed by atoms with Crippen molar-refractivity contribution >= 4 is 17.6 Å². The molecule has 0 aliphatic heterocycles. The van der Waals surface area contributed by atoms with E-state index in [0.29, 0.717) is 6.54 Å². The second-order valence-electron chi connectivity index (χ2n) is 3.84. The number of para-hydroxylation sites is 1. The molecule has 7 nitrogen and oxygen atoms in total. The average molecular weight is 265 g/mol. The van der Waals surface area contributed by atoms with Gasteiger partial charge in [-0.15, -0.1) is 0 Å². The first kappa shape index (κ1) is 14.6. The minimum absolute atomic E-state index is 0.141. The number of urea groups is 1. The molecular formula is C12H15N3O4. The van der Waals surface area contributed by atoms with Crippen LogP contribution in [0.2, 0.25) is 0 Å². The summed E-state index contributed by atoms with van der Waals surface area (Å²) in [6.07, 6.45) is 1.71. The Morgan fingerprint density at radius 1 is 1.32 bits per heavy atom. The molecule has 19 heavy (non-hydrogen) atoms. The maximum atomic E-state index is 11.7. The number of hydrogen-bond donors (Lipinski definition) is 2. The third kappa shape index (κ3) is 4.38. The van der Waals surface area contributed by atoms with Crippen molar-refractivity contribution in [2.75, 3.05) is 6.54 Å². The number of nitro groups is 1. The van der Waals surface area contributed by atoms with Gasteiger partial charge in [-0.3, -0.25) is 20.2 Å². The molecule has 0 bridgehead atoms. The van der Waals surface area contributed by atoms with Crippen molar-refractivity contribution in [3.63, 3.8) is 0 Å². The lowest BCUT2D eigenvalue weighted by atomic mass is 10.1. The molecule has 0 aromatic heterocycles. The van der Waals surface area contributed by atoms with E-state index in [2.05, 4.69) is 10.6 Å². The summed E-state index contributed by atoms with van der Waals surface area (Å²) in [4.78, 5) is 33.2. The molecule has 2 N–H and O–H groups in total. The van der Waals surface area contributed by atoms with E-state index in [-0.39, 0.29) is 11.3 Å². The zero-order chi connectivity index (χ0) is 14.3. The number of benzene rings is 1. The number of unbranched alkanes of at least 4 members (excludes halogenated alkanes) is 1. The zero-order valence-corrected chi connectivity index (χ0v) is 10.5. The lowest BCUT2D eigenvalue weighted by molar-refractivity contribution is -0.385. The van der Waals surface area contributed by atoms with E-state index in [1.807, 2.05) is 6.92 Å². The standard InChI is InChI=1S/C12H15N3O4/c1-2-3-8-13-12(17)14-11(16)9-6-4-5-7-10(9)15(18)19/h4-7H,2-3,8H2,1H3,(H2,13,14,16,17). The molecule has 0 radical (unpaired) electrons. The van der Waals surface area contributed by atoms with Gasteiger partial charge < -0.3 is 5.32 Å². The lowest BCUT2D eigenvalue weighted by Gasteiger charge is -2.06. The Balaban J connectivity index is 2.68. The van der Waals surface area contributed by atoms with E-state index in [0.717, 1.165) is 12.8 Å². The predicted molar refractivity (Wildman–Crippen MR) is 68.9 cm³/mol. The van der Waals surface area contributed by atoms with Crippen molar-refractivity contribution < 1.29 is 14.5 Å². The summed E-state index contributed by atoms with van der Waals surface area (Å²) in [5.74, 6) is -0.790. The van der Waals surface area contributed by atoms with E-state index >= 15 is 0 Å². The van der Waals surface area contributed by atoms with Crippen LogP contribution >= 0.6 is 0 Å². The van der Waals surface area contributed by atoms with Crippen LogP contribution in [0.5, 0.6) is 0 Å². The first-order valence-electron chi connectivity index (χ1n) is 5.89. The average Bonchev–Trinajstić information content (AvgIpc) is 2.39. The van der Waals surface area contributed by atoms with Gasteiger partial charge in [-0.25, -0.2) is 4.79 Å². The van der Waals surface area contributed by atoms with Crippen molar-refractivity contribution in [2.24, 2.45) is 0 Å². The predicted octanol–water partition coefficient (Wildman–Crippen LogP) is 1.83. The first-order valence-corrected chi connectivity index (χ1v) is 5.89. The van der Waals surface area contributed by atoms with Crippen molar-refractivity contribution in [3.05, 3.63) is 39.9 Å². The minimum atomic E-state index is -0.790. The SMILES string of the molecule is CCCCNC(=O)NC(=O)c1ccccc1[N+](=O)[O-]. The number of carbonyl (C=O) groups excluding carboxylic acids is 2. The first-order chi connectivity index (χ1) is 9.06. The highest BCUT2D eigenvalue weighted by molar-refractivity contribution is 6.06. The molecule has 1 aromatic rings. The molecular weight excluding hydrogens is 250 g/mol. The molecule has 1 aromatic carbocycles. The van der Waals surface area contributed by atoms with Crippen LogP contribution in [0.15, 0.2) is 24.3 Å². The van der Waals surface area contributed by atoms with Crippen molar-refractivity contribution in [1.29, 1.82) is 0 Å². The van der Waals surface area contributed by atoms with Crippen LogP contribution < -0.4 is 10.6 Å². The molecule has 3 amide bonds. The smallest absolute Gasteiger partial charge is 0.321 e. The Kier molecular flexibility index (Phi) is 5.46. The summed E-state index contributed by atoms with van der Waals surface area (Å²) in [5, 5.41) is 15.3. The third-order valence-electron chi connectivity index (χ3n) is 2.39. The van der Waals surface area contributed by atoms with Crippen LogP contribution in [0.3, 0.4) is 0 Å². The number of nitrogens with one attached hydrogen (secondary N) is 2. The number of rotatable bonds is 5. The van der Waals surface area contributed by atoms with Gasteiger partial charge in [-0.2, -0.15) is 0 Å². The van der Waals surface area contributed by atoms with Crippen LogP contribution in [0.4, 0.5) is 10.5 Å². The summed E-state index contributed by atoms with van der Waals surface area (Å²) in [5.41, 5.74) is -0.473. The van der Waals surface area contributed by atoms with E-state index in [1.165, 1.54) is 24.3 Å². The van der Waals surface area contributed by atoms with Crippen molar-refractivity contribution in [3.8, 4) is 0 Å². The zero-order valence-electron chi connectivity index (χ0n) is 10.5. The number of nitro benzene ring substituents is 1. The Labute approximate surface area is 110 Å². The summed E-state index contributed by atoms with van der Waals surface area (Å²) in [6, 6.07) is 4.81. The monoisotopic (exact) mass is 265 g/mol. The second kappa shape index (κ2) is 7.10. The number of carbonyl (C=O) groups is 2. The largest absolute Gasteiger partial charge is 0.338 e. The number of imide groups is 1. The quantitative estimate of drug-likeness (QED) is 0.481. The Morgan fingerprint density at radius 2 is 2.00 bits per heavy atom. The summed E-state index contributed by atoms with van der Waals surface area (Å²) < 4.78 is 0. The molecule has 0 unspecified atom stereocenters. The molecule has 102 valence electrons. The molecule has 0 spiro atoms. The van der Waals surface area contributed by atoms with E-state index in [9.17, 15) is 19.7 Å². The molecule has 0 saturated heterocycles. The van der Waals surface area contributed by atoms with Gasteiger partial charge in [-0.1, -0.05) is 25.5 Å². The van der Waals surface area contributed by atoms with Crippen LogP contribution in [0, 0.1) is 10.1 Å². The lowest BCUT2D eigenvalue weighted by Crippen LogP contribution is -2.40. The normalized spacial score (nSPS) is 9.74. The van der Waals surface area contributed by atoms with Gasteiger partial charge in [-0.05, 0) is 12.5 Å². The fraction of sp³-hybridized carbons (Fsp3) is 0.333. The fourth-order valence-electron chi connectivity index (χ4n) is 1.42. The van der Waals surface area contributed by atoms with Crippen LogP contribution in [0.1, 0.15) is 30.1 Å². The van der Waals surface area contributed by atoms with Gasteiger partial charge in [0, 0.05) is 12.6 Å². The third-order valence-corrected chi connectivity index (χ3v) is 2.39. The summed E-state index contributed by atoms with van der Waals surface area (Å²) in [6.45, 7) is 2.42. The van der Waals surface area contributed by atoms with Crippen LogP contribution in [-0.4, -0.2) is 23.4 Å². The van der Waals surface area contributed by atoms with E-state index in [1.54, 1.807) is 0 Å². The Morgan fingerprint density at radius 3 is 2.63 bits per heavy atom. The van der Waals surface area contributed by atoms with Gasteiger partial charge in [0.1, 0.15) is 5.56 Å². The number of amides is 3. The van der Waals surface area contributed by atoms with Crippen LogP contribution in [-0.2, 0) is 0 Å². The number of nitrogens with zero attached hydrogens (tertiary/aromatic N) is 1. The number of hydrogen-bond acceptors (Lipinski definition) is 4. The van der Waals surface area contributed by atoms with Gasteiger partial charge in [0.2, 0.25) is 0 Å². The minimum Gasteiger partial charge on any atom is -0.338 e. The van der Waals surface area contributed by atoms with Crippen molar-refractivity contribution in [2.45, 2.75) is 19.8 Å². The molecule has 0 heterocycles. The van der Waals surface area contributed by atoms with Gasteiger partial charge in [0.15, 0.2) is 0 Å². The Hall–Kier alpha value is -2.44. The van der Waals surface area contributed by atoms with E-state index in [4.69, 9.17) is 0 Å². The second-order valence-corrected chi connectivity index (χ2v) is 3.84. The van der Waals surface area contributed by atoms with Gasteiger partial charge >= 0.3 is 6.03 Å². The summed E-state index contributed by atoms with van der Waals surface area (Å²) in [7, 11) is 0. The fourth-order valence-corrected chi connectivity index (χ4v) is 1.42. The topological polar surface area (TPSA) is 101 Å². The molecule has 0 saturated carbocycles. The molecule has 0 aliphatic rings. The maximum Gasteiger partial charge on any atom is 0.321 e. The Bertz CT molecular complexity index is 488. The molecule has 1 rings (SSSR count). The van der Waals surface area contributed by atoms with Crippen LogP contribution in [0.25, 0.3) is 0 Å². The summed E-state index contributed by atoms with van der Waals surface area (Å²) >= 11 is 0. The molecule has 0 fully saturated rings. The van der Waals surface area contributed by atoms with Crippen molar-refractivity contribution in [1.82, 2.24) is 10.6 Å². The molecule has 0 aliphatic carbocycles. The highest BCUT2D eigenvalue weighted by Crippen LogP contribution is 2.17. The van der Waals surface area contributed by atoms with Gasteiger partial charge in [0.05, 0.1) is 4.92 Å². The van der Waals surface area contributed by atoms with E-state index < -0.39 is 16.9 Å². The maximum absolute atomic E-state index is 11.7. The highest BCUT2D eigenvalue weighted by atomic mass is 16.6. The molecule has 0 atom stereocenters. The molecule has 7 heteroatoms. The van der Waals surface area contributed by atoms with Gasteiger partial charge in [0.25, 0.3) is 11.6 Å².